The van der Waals surface area contributed by atoms with Crippen LogP contribution in [0.25, 0.3) is 17.1 Å². The summed E-state index contributed by atoms with van der Waals surface area (Å²) in [4.78, 5) is 35.7. The zero-order valence-electron chi connectivity index (χ0n) is 20.6. The minimum Gasteiger partial charge on any atom is -0.506 e. The van der Waals surface area contributed by atoms with Crippen molar-refractivity contribution in [3.8, 4) is 22.8 Å². The Labute approximate surface area is 228 Å². The molecule has 37 heavy (non-hydrogen) atoms. The first-order valence-electron chi connectivity index (χ1n) is 11.4. The number of rotatable bonds is 7. The Hall–Kier alpha value is -3.11. The molecule has 2 aliphatic rings. The summed E-state index contributed by atoms with van der Waals surface area (Å²) in [7, 11) is 3.55. The molecule has 0 aromatic heterocycles. The number of carbonyl (C=O) groups is 1. The summed E-state index contributed by atoms with van der Waals surface area (Å²) < 4.78 is 1.57. The number of benzene rings is 2. The molecule has 0 atom stereocenters. The topological polar surface area (TPSA) is 116 Å². The van der Waals surface area contributed by atoms with E-state index in [1.807, 2.05) is 13.8 Å². The number of H-pyrrole nitrogens is 1. The van der Waals surface area contributed by atoms with Crippen LogP contribution in [0.2, 0.25) is 15.1 Å². The Kier molecular flexibility index (Phi) is 7.80. The molecule has 4 rings (SSSR count). The molecule has 2 heterocycles. The van der Waals surface area contributed by atoms with Gasteiger partial charge in [-0.25, -0.2) is 9.67 Å². The van der Waals surface area contributed by atoms with Crippen LogP contribution in [-0.4, -0.2) is 56.3 Å². The second-order valence-corrected chi connectivity index (χ2v) is 10.4. The lowest BCUT2D eigenvalue weighted by Gasteiger charge is -2.13. The maximum atomic E-state index is 13.1. The van der Waals surface area contributed by atoms with Crippen LogP contribution >= 0.6 is 34.8 Å². The fourth-order valence-corrected chi connectivity index (χ4v) is 4.94. The molecule has 0 unspecified atom stereocenters. The van der Waals surface area contributed by atoms with E-state index in [2.05, 4.69) is 20.4 Å². The largest absolute Gasteiger partial charge is 0.506 e. The van der Waals surface area contributed by atoms with Crippen molar-refractivity contribution >= 4 is 46.4 Å². The number of phenols is 1. The van der Waals surface area contributed by atoms with Crippen molar-refractivity contribution in [1.29, 1.82) is 0 Å². The molecule has 3 N–H and O–H groups in total. The minimum atomic E-state index is -0.448. The van der Waals surface area contributed by atoms with E-state index >= 15 is 0 Å². The molecule has 2 aromatic carbocycles. The van der Waals surface area contributed by atoms with Crippen molar-refractivity contribution in [2.45, 2.75) is 26.2 Å². The van der Waals surface area contributed by atoms with Crippen molar-refractivity contribution in [2.75, 3.05) is 26.0 Å². The van der Waals surface area contributed by atoms with Gasteiger partial charge in [-0.15, -0.1) is 0 Å². The van der Waals surface area contributed by atoms with E-state index in [9.17, 15) is 14.7 Å². The van der Waals surface area contributed by atoms with Crippen LogP contribution < -0.4 is 10.9 Å². The van der Waals surface area contributed by atoms with Crippen molar-refractivity contribution in [3.63, 3.8) is 0 Å². The number of aromatic amines is 1. The zero-order chi connectivity index (χ0) is 27.0. The van der Waals surface area contributed by atoms with Gasteiger partial charge in [0.05, 0.1) is 28.0 Å². The van der Waals surface area contributed by atoms with Crippen LogP contribution in [0.3, 0.4) is 0 Å². The van der Waals surface area contributed by atoms with Crippen LogP contribution in [0, 0.1) is 0 Å². The van der Waals surface area contributed by atoms with Gasteiger partial charge in [-0.1, -0.05) is 54.7 Å². The van der Waals surface area contributed by atoms with Gasteiger partial charge in [0.1, 0.15) is 22.8 Å². The van der Waals surface area contributed by atoms with Crippen LogP contribution in [-0.2, 0) is 11.2 Å². The van der Waals surface area contributed by atoms with Crippen LogP contribution in [0.15, 0.2) is 35.1 Å². The van der Waals surface area contributed by atoms with Gasteiger partial charge in [-0.3, -0.25) is 14.7 Å². The Balaban J connectivity index is 1.75. The number of carbonyl (C=O) groups excluding carboxylic acids is 1. The summed E-state index contributed by atoms with van der Waals surface area (Å²) in [5, 5.41) is 17.3. The molecule has 2 aromatic rings. The fraction of sp³-hybridized carbons (Fsp3) is 0.280. The Morgan fingerprint density at radius 2 is 1.81 bits per heavy atom. The second kappa shape index (κ2) is 10.7. The van der Waals surface area contributed by atoms with E-state index in [0.717, 1.165) is 0 Å². The van der Waals surface area contributed by atoms with Crippen LogP contribution in [0.5, 0.6) is 5.75 Å². The predicted molar refractivity (Wildman–Crippen MR) is 146 cm³/mol. The average Bonchev–Trinajstić information content (AvgIpc) is 3.14. The normalized spacial score (nSPS) is 11.6. The summed E-state index contributed by atoms with van der Waals surface area (Å²) in [5.74, 6) is 0.164. The van der Waals surface area contributed by atoms with Gasteiger partial charge in [0, 0.05) is 11.4 Å². The summed E-state index contributed by atoms with van der Waals surface area (Å²) >= 11 is 19.0. The standard InChI is InChI=1S/C25H25Cl3N6O3/c1-12(2)22-21-24(34(32-22)23-15(27)9-14(26)10-16(23)28)30-19(31-25(21)37)8-13-5-6-17(18(35)7-13)29-20(36)11-33(3)4/h5-7,9-10,12,32,35H,8,11H2,1-4H3,(H,29,36). The molecule has 12 heteroatoms. The number of hydrogen-bond donors (Lipinski definition) is 3. The maximum absolute atomic E-state index is 13.1. The monoisotopic (exact) mass is 562 g/mol. The van der Waals surface area contributed by atoms with E-state index < -0.39 is 5.56 Å². The third-order valence-electron chi connectivity index (χ3n) is 5.56. The Morgan fingerprint density at radius 1 is 1.14 bits per heavy atom. The number of aromatic hydroxyl groups is 1. The van der Waals surface area contributed by atoms with Crippen LogP contribution in [0.4, 0.5) is 5.69 Å². The van der Waals surface area contributed by atoms with Crippen molar-refractivity contribution in [1.82, 2.24) is 24.6 Å². The molecule has 0 fully saturated rings. The molecular formula is C25H25Cl3N6O3. The highest BCUT2D eigenvalue weighted by atomic mass is 35.5. The van der Waals surface area contributed by atoms with Gasteiger partial charge in [0.2, 0.25) is 5.91 Å². The summed E-state index contributed by atoms with van der Waals surface area (Å²) in [6.45, 7) is 4.06. The third kappa shape index (κ3) is 5.75. The predicted octanol–water partition coefficient (Wildman–Crippen LogP) is 4.94. The smallest absolute Gasteiger partial charge is 0.284 e. The van der Waals surface area contributed by atoms with Gasteiger partial charge >= 0.3 is 0 Å². The Bertz CT molecular complexity index is 1490. The number of nitrogens with zero attached hydrogens (tertiary/aromatic N) is 4. The van der Waals surface area contributed by atoms with Gasteiger partial charge in [0.15, 0.2) is 5.82 Å². The molecule has 2 aliphatic heterocycles. The van der Waals surface area contributed by atoms with Gasteiger partial charge in [0.25, 0.3) is 5.56 Å². The molecule has 0 aliphatic carbocycles. The number of nitrogens with one attached hydrogen (secondary N) is 2. The van der Waals surface area contributed by atoms with Crippen LogP contribution in [0.1, 0.15) is 36.8 Å². The van der Waals surface area contributed by atoms with Gasteiger partial charge in [-0.2, -0.15) is 4.98 Å². The summed E-state index contributed by atoms with van der Waals surface area (Å²) in [6, 6.07) is 7.93. The lowest BCUT2D eigenvalue weighted by molar-refractivity contribution is -0.116. The number of halogens is 3. The highest BCUT2D eigenvalue weighted by Crippen LogP contribution is 2.36. The first-order valence-corrected chi connectivity index (χ1v) is 12.5. The highest BCUT2D eigenvalue weighted by Gasteiger charge is 2.27. The molecule has 0 bridgehead atoms. The number of anilines is 1. The molecule has 194 valence electrons. The number of hydrogen-bond acceptors (Lipinski definition) is 6. The number of fused-ring (bicyclic) bond motifs is 1. The van der Waals surface area contributed by atoms with E-state index in [0.29, 0.717) is 33.4 Å². The first-order chi connectivity index (χ1) is 17.4. The van der Waals surface area contributed by atoms with E-state index in [-0.39, 0.29) is 52.1 Å². The quantitative estimate of drug-likeness (QED) is 0.274. The molecule has 0 saturated heterocycles. The Morgan fingerprint density at radius 3 is 2.41 bits per heavy atom. The van der Waals surface area contributed by atoms with E-state index in [1.165, 1.54) is 6.07 Å². The van der Waals surface area contributed by atoms with Crippen molar-refractivity contribution in [3.05, 3.63) is 72.8 Å². The number of aromatic nitrogens is 4. The second-order valence-electron chi connectivity index (χ2n) is 9.19. The van der Waals surface area contributed by atoms with Crippen molar-refractivity contribution in [2.24, 2.45) is 0 Å². The molecular weight excluding hydrogens is 539 g/mol. The maximum Gasteiger partial charge on any atom is 0.284 e. The highest BCUT2D eigenvalue weighted by molar-refractivity contribution is 6.40. The molecule has 0 saturated carbocycles. The number of amides is 1. The lowest BCUT2D eigenvalue weighted by Crippen LogP contribution is -2.27. The third-order valence-corrected chi connectivity index (χ3v) is 6.35. The zero-order valence-corrected chi connectivity index (χ0v) is 22.8. The average molecular weight is 564 g/mol. The molecule has 0 spiro atoms. The van der Waals surface area contributed by atoms with Gasteiger partial charge < -0.3 is 15.3 Å². The molecule has 9 nitrogen and oxygen atoms in total. The fourth-order valence-electron chi connectivity index (χ4n) is 3.96. The van der Waals surface area contributed by atoms with Gasteiger partial charge in [-0.05, 0) is 49.8 Å². The van der Waals surface area contributed by atoms with E-state index in [4.69, 9.17) is 34.8 Å². The molecule has 1 amide bonds. The van der Waals surface area contributed by atoms with E-state index in [1.54, 1.807) is 47.9 Å². The minimum absolute atomic E-state index is 0.0389. The SMILES string of the molecule is CC(C)c1[nH]n(-c2c(Cl)cc(Cl)cc2Cl)c2nc(Cc3ccc(NC(=O)CN(C)C)c(O)c3)nc(=O)c1-2. The number of phenolic OH excluding ortho intramolecular Hbond substituents is 1. The van der Waals surface area contributed by atoms with Crippen molar-refractivity contribution < 1.29 is 9.90 Å². The number of likely N-dealkylation sites (N-methyl/N-ethyl adjacent to an activating group) is 1. The summed E-state index contributed by atoms with van der Waals surface area (Å²) in [6.07, 6.45) is 0.162. The summed E-state index contributed by atoms with van der Waals surface area (Å²) in [5.41, 5.74) is 1.87. The molecule has 0 radical (unpaired) electrons. The lowest BCUT2D eigenvalue weighted by atomic mass is 10.1. The first kappa shape index (κ1) is 26.9.